The Kier molecular flexibility index (Phi) is 3.69. The highest BCUT2D eigenvalue weighted by Gasteiger charge is 2.37. The predicted octanol–water partition coefficient (Wildman–Crippen LogP) is 3.69. The van der Waals surface area contributed by atoms with Gasteiger partial charge in [0.2, 0.25) is 11.8 Å². The second-order valence-electron chi connectivity index (χ2n) is 6.54. The van der Waals surface area contributed by atoms with E-state index < -0.39 is 0 Å². The smallest absolute Gasteiger partial charge is 0.244 e. The van der Waals surface area contributed by atoms with Gasteiger partial charge >= 0.3 is 0 Å². The van der Waals surface area contributed by atoms with E-state index in [4.69, 9.17) is 10.5 Å². The number of allylic oxidation sites excluding steroid dienone is 1. The third-order valence-electron chi connectivity index (χ3n) is 3.89. The van der Waals surface area contributed by atoms with Crippen molar-refractivity contribution >= 4 is 15.9 Å². The number of aromatic nitrogens is 2. The van der Waals surface area contributed by atoms with Crippen molar-refractivity contribution in [2.75, 3.05) is 0 Å². The predicted molar refractivity (Wildman–Crippen MR) is 90.7 cm³/mol. The minimum Gasteiger partial charge on any atom is -0.420 e. The molecule has 0 spiro atoms. The van der Waals surface area contributed by atoms with Crippen LogP contribution in [0.4, 0.5) is 0 Å². The minimum atomic E-state index is -0.287. The molecule has 3 N–H and O–H groups in total. The Morgan fingerprint density at radius 2 is 1.96 bits per heavy atom. The number of halogens is 1. The summed E-state index contributed by atoms with van der Waals surface area (Å²) in [7, 11) is 0. The normalized spacial score (nSPS) is 17.4. The van der Waals surface area contributed by atoms with Gasteiger partial charge in [-0.3, -0.25) is 5.10 Å². The molecule has 2 aromatic rings. The molecular weight excluding hydrogens is 356 g/mol. The summed E-state index contributed by atoms with van der Waals surface area (Å²) in [5.41, 5.74) is 9.00. The number of fused-ring (bicyclic) bond motifs is 1. The van der Waals surface area contributed by atoms with Gasteiger partial charge in [-0.1, -0.05) is 48.8 Å². The molecule has 0 unspecified atom stereocenters. The Morgan fingerprint density at radius 1 is 1.30 bits per heavy atom. The molecule has 0 bridgehead atoms. The van der Waals surface area contributed by atoms with Gasteiger partial charge in [0.05, 0.1) is 11.5 Å². The van der Waals surface area contributed by atoms with Gasteiger partial charge in [0.15, 0.2) is 0 Å². The average Bonchev–Trinajstić information content (AvgIpc) is 2.90. The molecule has 0 aliphatic carbocycles. The molecule has 1 aromatic carbocycles. The summed E-state index contributed by atoms with van der Waals surface area (Å²) in [6.45, 7) is 6.27. The van der Waals surface area contributed by atoms with Gasteiger partial charge in [0.1, 0.15) is 11.6 Å². The van der Waals surface area contributed by atoms with Crippen molar-refractivity contribution in [2.45, 2.75) is 32.1 Å². The van der Waals surface area contributed by atoms with E-state index in [2.05, 4.69) is 53.0 Å². The molecule has 1 atom stereocenters. The summed E-state index contributed by atoms with van der Waals surface area (Å²) in [4.78, 5) is 0. The van der Waals surface area contributed by atoms with Gasteiger partial charge in [-0.2, -0.15) is 5.26 Å². The van der Waals surface area contributed by atoms with E-state index >= 15 is 0 Å². The molecule has 5 nitrogen and oxygen atoms in total. The van der Waals surface area contributed by atoms with E-state index in [9.17, 15) is 5.26 Å². The first-order valence-corrected chi connectivity index (χ1v) is 8.04. The summed E-state index contributed by atoms with van der Waals surface area (Å²) in [5.74, 6) is 0.268. The maximum absolute atomic E-state index is 9.60. The van der Waals surface area contributed by atoms with Gasteiger partial charge in [-0.15, -0.1) is 5.10 Å². The molecule has 0 saturated carbocycles. The Labute approximate surface area is 143 Å². The molecule has 1 aromatic heterocycles. The van der Waals surface area contributed by atoms with Gasteiger partial charge in [0, 0.05) is 15.6 Å². The van der Waals surface area contributed by atoms with E-state index in [1.165, 1.54) is 0 Å². The SMILES string of the molecule is CC(C)(C)c1[nH]nc2c1[C@H](c1ccc(Br)cc1)C(C#N)=C(N)O2. The lowest BCUT2D eigenvalue weighted by atomic mass is 9.79. The third-order valence-corrected chi connectivity index (χ3v) is 4.42. The van der Waals surface area contributed by atoms with E-state index in [0.717, 1.165) is 21.3 Å². The standard InChI is InChI=1S/C17H17BrN4O/c1-17(2,3)14-13-12(9-4-6-10(18)7-5-9)11(8-19)15(20)23-16(13)22-21-14/h4-7,12H,20H2,1-3H3,(H,21,22)/t12-/m1/s1. The fourth-order valence-corrected chi connectivity index (χ4v) is 3.07. The number of aromatic amines is 1. The zero-order valence-electron chi connectivity index (χ0n) is 13.1. The highest BCUT2D eigenvalue weighted by atomic mass is 79.9. The second-order valence-corrected chi connectivity index (χ2v) is 7.46. The van der Waals surface area contributed by atoms with Crippen LogP contribution in [-0.2, 0) is 5.41 Å². The third kappa shape index (κ3) is 2.62. The van der Waals surface area contributed by atoms with Crippen molar-refractivity contribution in [1.29, 1.82) is 5.26 Å². The van der Waals surface area contributed by atoms with Crippen molar-refractivity contribution in [3.8, 4) is 11.9 Å². The molecule has 0 radical (unpaired) electrons. The number of H-pyrrole nitrogens is 1. The summed E-state index contributed by atoms with van der Waals surface area (Å²) >= 11 is 3.44. The van der Waals surface area contributed by atoms with E-state index in [0.29, 0.717) is 11.5 Å². The van der Waals surface area contributed by atoms with Crippen LogP contribution in [0.3, 0.4) is 0 Å². The van der Waals surface area contributed by atoms with Crippen molar-refractivity contribution in [2.24, 2.45) is 5.73 Å². The van der Waals surface area contributed by atoms with Crippen LogP contribution in [0.25, 0.3) is 0 Å². The number of hydrogen-bond acceptors (Lipinski definition) is 4. The molecule has 0 amide bonds. The number of benzene rings is 1. The number of nitriles is 1. The topological polar surface area (TPSA) is 87.7 Å². The highest BCUT2D eigenvalue weighted by molar-refractivity contribution is 9.10. The van der Waals surface area contributed by atoms with Crippen LogP contribution < -0.4 is 10.5 Å². The van der Waals surface area contributed by atoms with Crippen molar-refractivity contribution < 1.29 is 4.74 Å². The largest absolute Gasteiger partial charge is 0.420 e. The first-order chi connectivity index (χ1) is 10.8. The first-order valence-electron chi connectivity index (χ1n) is 7.24. The number of nitrogens with one attached hydrogen (secondary N) is 1. The summed E-state index contributed by atoms with van der Waals surface area (Å²) in [5, 5.41) is 16.9. The maximum Gasteiger partial charge on any atom is 0.244 e. The lowest BCUT2D eigenvalue weighted by molar-refractivity contribution is 0.378. The molecule has 1 aliphatic rings. The monoisotopic (exact) mass is 372 g/mol. The fraction of sp³-hybridized carbons (Fsp3) is 0.294. The quantitative estimate of drug-likeness (QED) is 0.798. The van der Waals surface area contributed by atoms with Crippen molar-refractivity contribution in [1.82, 2.24) is 10.2 Å². The molecule has 6 heteroatoms. The zero-order chi connectivity index (χ0) is 16.8. The molecule has 2 heterocycles. The second kappa shape index (κ2) is 5.43. The Balaban J connectivity index is 2.26. The van der Waals surface area contributed by atoms with E-state index in [-0.39, 0.29) is 17.2 Å². The minimum absolute atomic E-state index is 0.111. The zero-order valence-corrected chi connectivity index (χ0v) is 14.7. The summed E-state index contributed by atoms with van der Waals surface area (Å²) < 4.78 is 6.55. The van der Waals surface area contributed by atoms with Crippen LogP contribution in [0, 0.1) is 11.3 Å². The van der Waals surface area contributed by atoms with Gasteiger partial charge in [0.25, 0.3) is 0 Å². The maximum atomic E-state index is 9.60. The molecule has 3 rings (SSSR count). The van der Waals surface area contributed by atoms with Crippen molar-refractivity contribution in [3.05, 3.63) is 57.0 Å². The first kappa shape index (κ1) is 15.6. The van der Waals surface area contributed by atoms with E-state index in [1.807, 2.05) is 24.3 Å². The molecule has 118 valence electrons. The number of ether oxygens (including phenoxy) is 1. The summed E-state index contributed by atoms with van der Waals surface area (Å²) in [6.07, 6.45) is 0. The molecule has 1 aliphatic heterocycles. The average molecular weight is 373 g/mol. The fourth-order valence-electron chi connectivity index (χ4n) is 2.81. The van der Waals surface area contributed by atoms with Crippen molar-refractivity contribution in [3.63, 3.8) is 0 Å². The van der Waals surface area contributed by atoms with Gasteiger partial charge in [-0.25, -0.2) is 0 Å². The summed E-state index contributed by atoms with van der Waals surface area (Å²) in [6, 6.07) is 10.1. The van der Waals surface area contributed by atoms with Gasteiger partial charge < -0.3 is 10.5 Å². The van der Waals surface area contributed by atoms with Crippen LogP contribution in [0.2, 0.25) is 0 Å². The van der Waals surface area contributed by atoms with Crippen LogP contribution in [0.15, 0.2) is 40.2 Å². The van der Waals surface area contributed by atoms with Crippen LogP contribution in [0.5, 0.6) is 5.88 Å². The number of nitrogens with zero attached hydrogens (tertiary/aromatic N) is 2. The lowest BCUT2D eigenvalue weighted by Crippen LogP contribution is -2.23. The lowest BCUT2D eigenvalue weighted by Gasteiger charge is -2.27. The molecular formula is C17H17BrN4O. The molecule has 23 heavy (non-hydrogen) atoms. The van der Waals surface area contributed by atoms with Crippen LogP contribution in [0.1, 0.15) is 43.5 Å². The van der Waals surface area contributed by atoms with Gasteiger partial charge in [-0.05, 0) is 17.7 Å². The number of nitrogens with two attached hydrogens (primary N) is 1. The Hall–Kier alpha value is -2.26. The van der Waals surface area contributed by atoms with Crippen LogP contribution >= 0.6 is 15.9 Å². The van der Waals surface area contributed by atoms with Crippen LogP contribution in [-0.4, -0.2) is 10.2 Å². The van der Waals surface area contributed by atoms with E-state index in [1.54, 1.807) is 0 Å². The highest BCUT2D eigenvalue weighted by Crippen LogP contribution is 2.45. The molecule has 0 fully saturated rings. The Bertz CT molecular complexity index is 822. The number of rotatable bonds is 1. The molecule has 0 saturated heterocycles. The Morgan fingerprint density at radius 3 is 2.52 bits per heavy atom. The number of hydrogen-bond donors (Lipinski definition) is 2.